The Bertz CT molecular complexity index is 990. The SMILES string of the molecule is CCOc1cc(CNCCc2ccccc2OC)c(Br)cc1OCc1ccccc1C. The predicted octanol–water partition coefficient (Wildman–Crippen LogP) is 6.08. The fourth-order valence-electron chi connectivity index (χ4n) is 3.38. The molecule has 0 bridgehead atoms. The van der Waals surface area contributed by atoms with E-state index >= 15 is 0 Å². The zero-order valence-electron chi connectivity index (χ0n) is 18.4. The van der Waals surface area contributed by atoms with Crippen LogP contribution in [-0.4, -0.2) is 20.3 Å². The summed E-state index contributed by atoms with van der Waals surface area (Å²) in [6, 6.07) is 20.4. The van der Waals surface area contributed by atoms with Crippen LogP contribution >= 0.6 is 15.9 Å². The molecule has 5 heteroatoms. The second kappa shape index (κ2) is 11.8. The van der Waals surface area contributed by atoms with Crippen LogP contribution in [0.4, 0.5) is 0 Å². The number of para-hydroxylation sites is 1. The van der Waals surface area contributed by atoms with E-state index in [9.17, 15) is 0 Å². The van der Waals surface area contributed by atoms with Gasteiger partial charge >= 0.3 is 0 Å². The summed E-state index contributed by atoms with van der Waals surface area (Å²) in [4.78, 5) is 0. The van der Waals surface area contributed by atoms with Crippen LogP contribution < -0.4 is 19.5 Å². The molecule has 3 aromatic rings. The number of halogens is 1. The number of aryl methyl sites for hydroxylation is 1. The average molecular weight is 484 g/mol. The molecule has 0 saturated heterocycles. The van der Waals surface area contributed by atoms with Crippen molar-refractivity contribution in [2.75, 3.05) is 20.3 Å². The van der Waals surface area contributed by atoms with E-state index in [4.69, 9.17) is 14.2 Å². The Hall–Kier alpha value is -2.50. The molecule has 0 atom stereocenters. The molecule has 0 radical (unpaired) electrons. The van der Waals surface area contributed by atoms with E-state index in [1.165, 1.54) is 16.7 Å². The third-order valence-corrected chi connectivity index (χ3v) is 5.87. The Labute approximate surface area is 193 Å². The smallest absolute Gasteiger partial charge is 0.162 e. The lowest BCUT2D eigenvalue weighted by Crippen LogP contribution is -2.17. The highest BCUT2D eigenvalue weighted by atomic mass is 79.9. The lowest BCUT2D eigenvalue weighted by Gasteiger charge is -2.16. The summed E-state index contributed by atoms with van der Waals surface area (Å²) in [7, 11) is 1.71. The standard InChI is InChI=1S/C26H30BrNO3/c1-4-30-25-15-22(17-28-14-13-20-10-7-8-12-24(20)29-3)23(27)16-26(25)31-18-21-11-6-5-9-19(21)2/h5-12,15-16,28H,4,13-14,17-18H2,1-3H3. The molecule has 0 amide bonds. The Kier molecular flexibility index (Phi) is 8.80. The van der Waals surface area contributed by atoms with Crippen LogP contribution in [0.25, 0.3) is 0 Å². The molecule has 31 heavy (non-hydrogen) atoms. The van der Waals surface area contributed by atoms with E-state index < -0.39 is 0 Å². The molecular weight excluding hydrogens is 454 g/mol. The van der Waals surface area contributed by atoms with Crippen molar-refractivity contribution in [2.24, 2.45) is 0 Å². The Balaban J connectivity index is 1.63. The molecule has 0 heterocycles. The number of nitrogens with one attached hydrogen (secondary N) is 1. The van der Waals surface area contributed by atoms with Crippen LogP contribution in [0.3, 0.4) is 0 Å². The van der Waals surface area contributed by atoms with Crippen LogP contribution in [0.5, 0.6) is 17.2 Å². The number of hydrogen-bond donors (Lipinski definition) is 1. The quantitative estimate of drug-likeness (QED) is 0.335. The van der Waals surface area contributed by atoms with Crippen molar-refractivity contribution >= 4 is 15.9 Å². The van der Waals surface area contributed by atoms with Gasteiger partial charge in [-0.2, -0.15) is 0 Å². The van der Waals surface area contributed by atoms with Gasteiger partial charge in [-0.1, -0.05) is 58.4 Å². The zero-order valence-corrected chi connectivity index (χ0v) is 20.0. The molecule has 0 aliphatic rings. The van der Waals surface area contributed by atoms with Gasteiger partial charge in [-0.15, -0.1) is 0 Å². The fourth-order valence-corrected chi connectivity index (χ4v) is 3.84. The molecule has 0 unspecified atom stereocenters. The first-order valence-electron chi connectivity index (χ1n) is 10.6. The Morgan fingerprint density at radius 2 is 1.55 bits per heavy atom. The molecule has 0 aliphatic carbocycles. The van der Waals surface area contributed by atoms with E-state index in [2.05, 4.69) is 52.4 Å². The minimum Gasteiger partial charge on any atom is -0.496 e. The van der Waals surface area contributed by atoms with Gasteiger partial charge in [-0.3, -0.25) is 0 Å². The summed E-state index contributed by atoms with van der Waals surface area (Å²) in [6.07, 6.45) is 0.900. The van der Waals surface area contributed by atoms with Crippen molar-refractivity contribution in [3.8, 4) is 17.2 Å². The van der Waals surface area contributed by atoms with Gasteiger partial charge in [0.1, 0.15) is 12.4 Å². The highest BCUT2D eigenvalue weighted by molar-refractivity contribution is 9.10. The van der Waals surface area contributed by atoms with Crippen LogP contribution in [0, 0.1) is 6.92 Å². The predicted molar refractivity (Wildman–Crippen MR) is 129 cm³/mol. The van der Waals surface area contributed by atoms with Crippen molar-refractivity contribution in [1.82, 2.24) is 5.32 Å². The van der Waals surface area contributed by atoms with Crippen LogP contribution in [0.1, 0.15) is 29.2 Å². The summed E-state index contributed by atoms with van der Waals surface area (Å²) in [5, 5.41) is 3.51. The van der Waals surface area contributed by atoms with E-state index in [0.717, 1.165) is 46.8 Å². The maximum absolute atomic E-state index is 6.11. The van der Waals surface area contributed by atoms with Crippen LogP contribution in [-0.2, 0) is 19.6 Å². The zero-order chi connectivity index (χ0) is 22.1. The number of hydrogen-bond acceptors (Lipinski definition) is 4. The summed E-state index contributed by atoms with van der Waals surface area (Å²) < 4.78 is 18.4. The van der Waals surface area contributed by atoms with Crippen molar-refractivity contribution in [2.45, 2.75) is 33.4 Å². The van der Waals surface area contributed by atoms with Gasteiger partial charge in [0.25, 0.3) is 0 Å². The molecule has 0 aromatic heterocycles. The first-order valence-corrected chi connectivity index (χ1v) is 11.4. The number of benzene rings is 3. The summed E-state index contributed by atoms with van der Waals surface area (Å²) >= 11 is 3.70. The topological polar surface area (TPSA) is 39.7 Å². The monoisotopic (exact) mass is 483 g/mol. The summed E-state index contributed by atoms with van der Waals surface area (Å²) in [5.41, 5.74) is 4.72. The van der Waals surface area contributed by atoms with Gasteiger partial charge in [-0.05, 0) is 67.3 Å². The van der Waals surface area contributed by atoms with Crippen molar-refractivity contribution in [3.63, 3.8) is 0 Å². The number of methoxy groups -OCH3 is 1. The molecular formula is C26H30BrNO3. The maximum Gasteiger partial charge on any atom is 0.162 e. The molecule has 164 valence electrons. The fraction of sp³-hybridized carbons (Fsp3) is 0.308. The Morgan fingerprint density at radius 3 is 2.29 bits per heavy atom. The van der Waals surface area contributed by atoms with E-state index in [1.807, 2.05) is 43.3 Å². The van der Waals surface area contributed by atoms with E-state index in [0.29, 0.717) is 13.2 Å². The summed E-state index contributed by atoms with van der Waals surface area (Å²) in [6.45, 7) is 6.76. The summed E-state index contributed by atoms with van der Waals surface area (Å²) in [5.74, 6) is 2.44. The molecule has 0 saturated carbocycles. The Morgan fingerprint density at radius 1 is 0.839 bits per heavy atom. The minimum atomic E-state index is 0.510. The van der Waals surface area contributed by atoms with Crippen molar-refractivity contribution in [1.29, 1.82) is 0 Å². The van der Waals surface area contributed by atoms with Gasteiger partial charge in [0.05, 0.1) is 13.7 Å². The second-order valence-corrected chi connectivity index (χ2v) is 8.13. The second-order valence-electron chi connectivity index (χ2n) is 7.28. The largest absolute Gasteiger partial charge is 0.496 e. The molecule has 0 spiro atoms. The average Bonchev–Trinajstić information content (AvgIpc) is 2.78. The van der Waals surface area contributed by atoms with Gasteiger partial charge in [-0.25, -0.2) is 0 Å². The van der Waals surface area contributed by atoms with E-state index in [1.54, 1.807) is 7.11 Å². The van der Waals surface area contributed by atoms with Gasteiger partial charge < -0.3 is 19.5 Å². The third-order valence-electron chi connectivity index (χ3n) is 5.14. The minimum absolute atomic E-state index is 0.510. The van der Waals surface area contributed by atoms with E-state index in [-0.39, 0.29) is 0 Å². The van der Waals surface area contributed by atoms with Gasteiger partial charge in [0.2, 0.25) is 0 Å². The normalized spacial score (nSPS) is 10.7. The molecule has 3 rings (SSSR count). The highest BCUT2D eigenvalue weighted by Crippen LogP contribution is 2.34. The highest BCUT2D eigenvalue weighted by Gasteiger charge is 2.12. The third kappa shape index (κ3) is 6.49. The lowest BCUT2D eigenvalue weighted by molar-refractivity contribution is 0.268. The van der Waals surface area contributed by atoms with Gasteiger partial charge in [0.15, 0.2) is 11.5 Å². The van der Waals surface area contributed by atoms with Crippen LogP contribution in [0.15, 0.2) is 65.1 Å². The van der Waals surface area contributed by atoms with Crippen molar-refractivity contribution < 1.29 is 14.2 Å². The molecule has 4 nitrogen and oxygen atoms in total. The lowest BCUT2D eigenvalue weighted by atomic mass is 10.1. The molecule has 3 aromatic carbocycles. The number of ether oxygens (including phenoxy) is 3. The first kappa shape index (κ1) is 23.2. The van der Waals surface area contributed by atoms with Crippen LogP contribution in [0.2, 0.25) is 0 Å². The maximum atomic E-state index is 6.11. The molecule has 0 aliphatic heterocycles. The first-order chi connectivity index (χ1) is 15.1. The molecule has 0 fully saturated rings. The van der Waals surface area contributed by atoms with Gasteiger partial charge in [0, 0.05) is 11.0 Å². The van der Waals surface area contributed by atoms with Crippen molar-refractivity contribution in [3.05, 3.63) is 87.4 Å². The molecule has 1 N–H and O–H groups in total. The number of rotatable bonds is 11.